The van der Waals surface area contributed by atoms with Crippen molar-refractivity contribution in [1.82, 2.24) is 10.6 Å². The van der Waals surface area contributed by atoms with E-state index in [0.29, 0.717) is 0 Å². The molecule has 6 N–H and O–H groups in total. The monoisotopic (exact) mass is 286 g/mol. The van der Waals surface area contributed by atoms with Gasteiger partial charge in [0.15, 0.2) is 0 Å². The highest BCUT2D eigenvalue weighted by Gasteiger charge is 1.93. The zero-order chi connectivity index (χ0) is 14.7. The number of hydrogen-bond donors (Lipinski definition) is 4. The van der Waals surface area contributed by atoms with Crippen LogP contribution in [0.5, 0.6) is 0 Å². The molecule has 0 amide bonds. The largest absolute Gasteiger partial charge is 0.330 e. The zero-order valence-corrected chi connectivity index (χ0v) is 13.5. The fraction of sp³-hybridized carbons (Fsp3) is 1.00. The molecule has 4 nitrogen and oxygen atoms in total. The first-order valence-corrected chi connectivity index (χ1v) is 8.73. The zero-order valence-electron chi connectivity index (χ0n) is 13.5. The van der Waals surface area contributed by atoms with Crippen LogP contribution in [0.3, 0.4) is 0 Å². The number of nitrogens with one attached hydrogen (secondary N) is 2. The van der Waals surface area contributed by atoms with E-state index in [1.807, 2.05) is 0 Å². The highest BCUT2D eigenvalue weighted by atomic mass is 14.8. The van der Waals surface area contributed by atoms with Gasteiger partial charge in [0, 0.05) is 0 Å². The van der Waals surface area contributed by atoms with Gasteiger partial charge in [-0.25, -0.2) is 0 Å². The van der Waals surface area contributed by atoms with Crippen molar-refractivity contribution < 1.29 is 0 Å². The second kappa shape index (κ2) is 18.8. The molecule has 0 radical (unpaired) electrons. The van der Waals surface area contributed by atoms with E-state index in [1.165, 1.54) is 64.5 Å². The average molecular weight is 287 g/mol. The van der Waals surface area contributed by atoms with E-state index in [1.54, 1.807) is 0 Å². The van der Waals surface area contributed by atoms with Crippen molar-refractivity contribution in [3.63, 3.8) is 0 Å². The Hall–Kier alpha value is -0.160. The van der Waals surface area contributed by atoms with Crippen LogP contribution in [-0.4, -0.2) is 39.3 Å². The van der Waals surface area contributed by atoms with Crippen molar-refractivity contribution in [3.8, 4) is 0 Å². The van der Waals surface area contributed by atoms with Crippen LogP contribution in [0, 0.1) is 0 Å². The minimum absolute atomic E-state index is 0.823. The third-order valence-electron chi connectivity index (χ3n) is 3.57. The van der Waals surface area contributed by atoms with Crippen LogP contribution in [0.4, 0.5) is 0 Å². The summed E-state index contributed by atoms with van der Waals surface area (Å²) in [6.07, 6.45) is 12.9. The van der Waals surface area contributed by atoms with E-state index >= 15 is 0 Å². The molecule has 0 aromatic carbocycles. The summed E-state index contributed by atoms with van der Waals surface area (Å²) in [7, 11) is 0. The highest BCUT2D eigenvalue weighted by molar-refractivity contribution is 4.53. The summed E-state index contributed by atoms with van der Waals surface area (Å²) >= 11 is 0. The van der Waals surface area contributed by atoms with Crippen LogP contribution >= 0.6 is 0 Å². The fourth-order valence-corrected chi connectivity index (χ4v) is 2.25. The average Bonchev–Trinajstić information content (AvgIpc) is 2.47. The van der Waals surface area contributed by atoms with Gasteiger partial charge < -0.3 is 22.1 Å². The minimum Gasteiger partial charge on any atom is -0.330 e. The summed E-state index contributed by atoms with van der Waals surface area (Å²) in [4.78, 5) is 0. The first kappa shape index (κ1) is 19.8. The molecule has 20 heavy (non-hydrogen) atoms. The highest BCUT2D eigenvalue weighted by Crippen LogP contribution is 2.04. The van der Waals surface area contributed by atoms with Crippen LogP contribution in [0.25, 0.3) is 0 Å². The Morgan fingerprint density at radius 3 is 1.05 bits per heavy atom. The standard InChI is InChI=1S/C16H38N4/c17-11-5-9-15-19-13-7-3-1-2-4-8-14-20-16-10-6-12-18/h19-20H,1-18H2. The van der Waals surface area contributed by atoms with Gasteiger partial charge in [0.05, 0.1) is 0 Å². The third-order valence-corrected chi connectivity index (χ3v) is 3.57. The Balaban J connectivity index is 2.89. The van der Waals surface area contributed by atoms with E-state index in [2.05, 4.69) is 10.6 Å². The van der Waals surface area contributed by atoms with Gasteiger partial charge in [-0.2, -0.15) is 0 Å². The van der Waals surface area contributed by atoms with Crippen molar-refractivity contribution in [2.45, 2.75) is 64.2 Å². The second-order valence-corrected chi connectivity index (χ2v) is 5.61. The Morgan fingerprint density at radius 2 is 0.700 bits per heavy atom. The maximum atomic E-state index is 5.45. The maximum absolute atomic E-state index is 5.45. The van der Waals surface area contributed by atoms with Crippen LogP contribution in [0.2, 0.25) is 0 Å². The molecule has 0 saturated carbocycles. The molecule has 0 bridgehead atoms. The number of unbranched alkanes of at least 4 members (excludes halogenated alkanes) is 7. The molecule has 0 heterocycles. The SMILES string of the molecule is NCCCCNCCCCCCCCNCCCCN. The predicted molar refractivity (Wildman–Crippen MR) is 90.0 cm³/mol. The summed E-state index contributed by atoms with van der Waals surface area (Å²) in [5.74, 6) is 0. The van der Waals surface area contributed by atoms with Crippen LogP contribution in [-0.2, 0) is 0 Å². The molecule has 0 aromatic heterocycles. The second-order valence-electron chi connectivity index (χ2n) is 5.61. The van der Waals surface area contributed by atoms with Crippen molar-refractivity contribution in [2.75, 3.05) is 39.3 Å². The molecule has 0 spiro atoms. The summed E-state index contributed by atoms with van der Waals surface area (Å²) in [6, 6.07) is 0. The summed E-state index contributed by atoms with van der Waals surface area (Å²) in [6.45, 7) is 6.26. The first-order valence-electron chi connectivity index (χ1n) is 8.73. The molecule has 0 unspecified atom stereocenters. The molecular formula is C16H38N4. The molecule has 0 aliphatic carbocycles. The van der Waals surface area contributed by atoms with Gasteiger partial charge in [-0.05, 0) is 77.8 Å². The fourth-order valence-electron chi connectivity index (χ4n) is 2.25. The summed E-state index contributed by atoms with van der Waals surface area (Å²) in [5, 5.41) is 6.96. The molecule has 0 rings (SSSR count). The Bertz CT molecular complexity index is 147. The van der Waals surface area contributed by atoms with Gasteiger partial charge in [0.25, 0.3) is 0 Å². The van der Waals surface area contributed by atoms with Gasteiger partial charge >= 0.3 is 0 Å². The van der Waals surface area contributed by atoms with Crippen molar-refractivity contribution >= 4 is 0 Å². The molecule has 0 fully saturated rings. The van der Waals surface area contributed by atoms with Crippen molar-refractivity contribution in [1.29, 1.82) is 0 Å². The molecular weight excluding hydrogens is 248 g/mol. The van der Waals surface area contributed by atoms with E-state index < -0.39 is 0 Å². The molecule has 0 saturated heterocycles. The van der Waals surface area contributed by atoms with Crippen molar-refractivity contribution in [3.05, 3.63) is 0 Å². The Labute approximate surface area is 126 Å². The molecule has 0 aromatic rings. The molecule has 122 valence electrons. The molecule has 4 heteroatoms. The first-order chi connectivity index (χ1) is 9.91. The Kier molecular flexibility index (Phi) is 18.7. The minimum atomic E-state index is 0.823. The number of nitrogens with two attached hydrogens (primary N) is 2. The van der Waals surface area contributed by atoms with Crippen LogP contribution in [0.15, 0.2) is 0 Å². The normalized spacial score (nSPS) is 11.1. The molecule has 0 aliphatic rings. The summed E-state index contributed by atoms with van der Waals surface area (Å²) in [5.41, 5.74) is 10.9. The predicted octanol–water partition coefficient (Wildman–Crippen LogP) is 1.98. The van der Waals surface area contributed by atoms with Crippen LogP contribution in [0.1, 0.15) is 64.2 Å². The van der Waals surface area contributed by atoms with Gasteiger partial charge in [-0.1, -0.05) is 25.7 Å². The van der Waals surface area contributed by atoms with E-state index in [9.17, 15) is 0 Å². The van der Waals surface area contributed by atoms with E-state index in [4.69, 9.17) is 11.5 Å². The lowest BCUT2D eigenvalue weighted by Gasteiger charge is -2.05. The van der Waals surface area contributed by atoms with Crippen LogP contribution < -0.4 is 22.1 Å². The molecule has 0 atom stereocenters. The lowest BCUT2D eigenvalue weighted by molar-refractivity contribution is 0.539. The quantitative estimate of drug-likeness (QED) is 0.308. The van der Waals surface area contributed by atoms with E-state index in [-0.39, 0.29) is 0 Å². The Morgan fingerprint density at radius 1 is 0.400 bits per heavy atom. The maximum Gasteiger partial charge on any atom is -0.00484 e. The van der Waals surface area contributed by atoms with E-state index in [0.717, 1.165) is 39.0 Å². The topological polar surface area (TPSA) is 76.1 Å². The summed E-state index contributed by atoms with van der Waals surface area (Å²) < 4.78 is 0. The molecule has 0 aliphatic heterocycles. The number of hydrogen-bond acceptors (Lipinski definition) is 4. The smallest absolute Gasteiger partial charge is 0.00484 e. The third kappa shape index (κ3) is 17.8. The lowest BCUT2D eigenvalue weighted by atomic mass is 10.1. The van der Waals surface area contributed by atoms with Gasteiger partial charge in [0.1, 0.15) is 0 Å². The lowest BCUT2D eigenvalue weighted by Crippen LogP contribution is -2.17. The van der Waals surface area contributed by atoms with Crippen molar-refractivity contribution in [2.24, 2.45) is 11.5 Å². The van der Waals surface area contributed by atoms with Gasteiger partial charge in [0.2, 0.25) is 0 Å². The van der Waals surface area contributed by atoms with Gasteiger partial charge in [-0.3, -0.25) is 0 Å². The number of rotatable bonds is 17. The van der Waals surface area contributed by atoms with Gasteiger partial charge in [-0.15, -0.1) is 0 Å².